The molecule has 2 aromatic carbocycles. The van der Waals surface area contributed by atoms with Crippen LogP contribution in [0.15, 0.2) is 53.1 Å². The maximum absolute atomic E-state index is 9.07. The van der Waals surface area contributed by atoms with Crippen LogP contribution in [-0.4, -0.2) is 41.1 Å². The van der Waals surface area contributed by atoms with E-state index in [1.54, 1.807) is 0 Å². The first-order valence-corrected chi connectivity index (χ1v) is 12.1. The first-order chi connectivity index (χ1) is 15.2. The second-order valence-corrected chi connectivity index (χ2v) is 10.1. The van der Waals surface area contributed by atoms with Crippen LogP contribution in [0.1, 0.15) is 39.7 Å². The van der Waals surface area contributed by atoms with Gasteiger partial charge in [0.05, 0.1) is 0 Å². The Morgan fingerprint density at radius 1 is 1.09 bits per heavy atom. The van der Waals surface area contributed by atoms with Crippen molar-refractivity contribution in [2.45, 2.75) is 58.7 Å². The summed E-state index contributed by atoms with van der Waals surface area (Å²) in [4.78, 5) is 0. The number of ether oxygens (including phenoxy) is 2. The molecule has 2 N–H and O–H groups in total. The molecule has 1 atom stereocenters. The van der Waals surface area contributed by atoms with Gasteiger partial charge in [-0.2, -0.15) is 0 Å². The van der Waals surface area contributed by atoms with Gasteiger partial charge in [-0.05, 0) is 87.9 Å². The average Bonchev–Trinajstić information content (AvgIpc) is 3.12. The van der Waals surface area contributed by atoms with E-state index < -0.39 is 0 Å². The molecular formula is C26H35BrN2O3. The number of fused-ring (bicyclic) bond motifs is 1. The fourth-order valence-corrected chi connectivity index (χ4v) is 4.06. The van der Waals surface area contributed by atoms with Gasteiger partial charge in [-0.1, -0.05) is 22.0 Å². The van der Waals surface area contributed by atoms with Crippen molar-refractivity contribution in [2.75, 3.05) is 19.8 Å². The molecular weight excluding hydrogens is 468 g/mol. The van der Waals surface area contributed by atoms with Gasteiger partial charge in [0.1, 0.15) is 12.2 Å². The van der Waals surface area contributed by atoms with Crippen molar-refractivity contribution in [3.8, 4) is 11.5 Å². The van der Waals surface area contributed by atoms with Gasteiger partial charge in [0.2, 0.25) is 0 Å². The summed E-state index contributed by atoms with van der Waals surface area (Å²) in [5.41, 5.74) is 2.25. The Kier molecular flexibility index (Phi) is 8.63. The summed E-state index contributed by atoms with van der Waals surface area (Å²) in [7, 11) is 0. The van der Waals surface area contributed by atoms with Crippen LogP contribution >= 0.6 is 15.9 Å². The van der Waals surface area contributed by atoms with Crippen LogP contribution < -0.4 is 14.8 Å². The molecule has 5 nitrogen and oxygen atoms in total. The lowest BCUT2D eigenvalue weighted by Crippen LogP contribution is -2.32. The van der Waals surface area contributed by atoms with Crippen molar-refractivity contribution in [2.24, 2.45) is 0 Å². The molecule has 0 aliphatic carbocycles. The van der Waals surface area contributed by atoms with Crippen LogP contribution in [0.25, 0.3) is 10.9 Å². The van der Waals surface area contributed by atoms with Gasteiger partial charge in [0.15, 0.2) is 11.5 Å². The van der Waals surface area contributed by atoms with E-state index in [4.69, 9.17) is 14.6 Å². The van der Waals surface area contributed by atoms with Crippen LogP contribution in [0.3, 0.4) is 0 Å². The van der Waals surface area contributed by atoms with Crippen molar-refractivity contribution < 1.29 is 14.6 Å². The number of aromatic nitrogens is 1. The fraction of sp³-hybridized carbons (Fsp3) is 0.462. The number of nitrogens with one attached hydrogen (secondary N) is 1. The molecule has 1 heterocycles. The van der Waals surface area contributed by atoms with Crippen molar-refractivity contribution in [3.05, 3.63) is 58.7 Å². The lowest BCUT2D eigenvalue weighted by atomic mass is 10.1. The minimum atomic E-state index is -0.285. The standard InChI is InChI=1S/C26H35BrN2O3/c1-19(16-20-6-8-23-21(17-20)10-13-29(23)12-5-14-30)28-11-15-31-24-9-7-22(27)18-25(24)32-26(2,3)4/h6-10,13,17-19,28,30H,5,11-12,14-16H2,1-4H3/t19-/m1/s1. The number of halogens is 1. The summed E-state index contributed by atoms with van der Waals surface area (Å²) in [5, 5.41) is 13.9. The van der Waals surface area contributed by atoms with E-state index >= 15 is 0 Å². The molecule has 0 amide bonds. The van der Waals surface area contributed by atoms with Gasteiger partial charge >= 0.3 is 0 Å². The Morgan fingerprint density at radius 2 is 1.91 bits per heavy atom. The first kappa shape index (κ1) is 24.6. The minimum absolute atomic E-state index is 0.220. The van der Waals surface area contributed by atoms with Crippen LogP contribution in [0.4, 0.5) is 0 Å². The number of hydrogen-bond acceptors (Lipinski definition) is 4. The first-order valence-electron chi connectivity index (χ1n) is 11.3. The molecule has 32 heavy (non-hydrogen) atoms. The molecule has 3 aromatic rings. The highest BCUT2D eigenvalue weighted by atomic mass is 79.9. The predicted molar refractivity (Wildman–Crippen MR) is 135 cm³/mol. The summed E-state index contributed by atoms with van der Waals surface area (Å²) >= 11 is 3.50. The zero-order valence-electron chi connectivity index (χ0n) is 19.5. The molecule has 0 radical (unpaired) electrons. The van der Waals surface area contributed by atoms with Gasteiger partial charge < -0.3 is 24.5 Å². The highest BCUT2D eigenvalue weighted by molar-refractivity contribution is 9.10. The molecule has 0 fully saturated rings. The maximum Gasteiger partial charge on any atom is 0.163 e. The summed E-state index contributed by atoms with van der Waals surface area (Å²) in [6.07, 6.45) is 3.83. The SMILES string of the molecule is C[C@H](Cc1ccc2c(ccn2CCCO)c1)NCCOc1ccc(Br)cc1OC(C)(C)C. The molecule has 0 saturated heterocycles. The number of aliphatic hydroxyl groups excluding tert-OH is 1. The van der Waals surface area contributed by atoms with Crippen LogP contribution in [-0.2, 0) is 13.0 Å². The van der Waals surface area contributed by atoms with Gasteiger partial charge in [0, 0.05) is 41.9 Å². The molecule has 0 bridgehead atoms. The molecule has 1 aromatic heterocycles. The zero-order chi connectivity index (χ0) is 23.1. The Labute approximate surface area is 199 Å². The fourth-order valence-electron chi connectivity index (χ4n) is 3.72. The largest absolute Gasteiger partial charge is 0.488 e. The highest BCUT2D eigenvalue weighted by Crippen LogP contribution is 2.33. The average molecular weight is 503 g/mol. The number of nitrogens with zero attached hydrogens (tertiary/aromatic N) is 1. The third-order valence-electron chi connectivity index (χ3n) is 5.11. The van der Waals surface area contributed by atoms with E-state index in [1.165, 1.54) is 16.5 Å². The van der Waals surface area contributed by atoms with Crippen molar-refractivity contribution >= 4 is 26.8 Å². The number of aliphatic hydroxyl groups is 1. The van der Waals surface area contributed by atoms with E-state index in [0.717, 1.165) is 41.9 Å². The maximum atomic E-state index is 9.07. The van der Waals surface area contributed by atoms with E-state index in [2.05, 4.69) is 63.2 Å². The molecule has 6 heteroatoms. The smallest absolute Gasteiger partial charge is 0.163 e. The molecule has 0 aliphatic rings. The van der Waals surface area contributed by atoms with Crippen LogP contribution in [0, 0.1) is 0 Å². The summed E-state index contributed by atoms with van der Waals surface area (Å²) in [6, 6.07) is 15.0. The van der Waals surface area contributed by atoms with Gasteiger partial charge in [-0.3, -0.25) is 0 Å². The van der Waals surface area contributed by atoms with Gasteiger partial charge in [-0.15, -0.1) is 0 Å². The van der Waals surface area contributed by atoms with E-state index in [0.29, 0.717) is 12.6 Å². The van der Waals surface area contributed by atoms with Crippen molar-refractivity contribution in [3.63, 3.8) is 0 Å². The van der Waals surface area contributed by atoms with Gasteiger partial charge in [0.25, 0.3) is 0 Å². The lowest BCUT2D eigenvalue weighted by molar-refractivity contribution is 0.123. The Balaban J connectivity index is 1.49. The highest BCUT2D eigenvalue weighted by Gasteiger charge is 2.16. The van der Waals surface area contributed by atoms with Crippen molar-refractivity contribution in [1.29, 1.82) is 0 Å². The number of benzene rings is 2. The lowest BCUT2D eigenvalue weighted by Gasteiger charge is -2.23. The van der Waals surface area contributed by atoms with E-state index in [9.17, 15) is 0 Å². The van der Waals surface area contributed by atoms with E-state index in [1.807, 2.05) is 39.0 Å². The monoisotopic (exact) mass is 502 g/mol. The summed E-state index contributed by atoms with van der Waals surface area (Å²) in [5.74, 6) is 1.51. The Hall–Kier alpha value is -2.02. The quantitative estimate of drug-likeness (QED) is 0.337. The van der Waals surface area contributed by atoms with Crippen LogP contribution in [0.5, 0.6) is 11.5 Å². The second-order valence-electron chi connectivity index (χ2n) is 9.19. The second kappa shape index (κ2) is 11.2. The molecule has 0 unspecified atom stereocenters. The zero-order valence-corrected chi connectivity index (χ0v) is 21.1. The minimum Gasteiger partial charge on any atom is -0.488 e. The van der Waals surface area contributed by atoms with Crippen LogP contribution in [0.2, 0.25) is 0 Å². The summed E-state index contributed by atoms with van der Waals surface area (Å²) < 4.78 is 15.2. The Bertz CT molecular complexity index is 1010. The number of aryl methyl sites for hydroxylation is 1. The Morgan fingerprint density at radius 3 is 2.66 bits per heavy atom. The number of rotatable bonds is 11. The third kappa shape index (κ3) is 7.26. The van der Waals surface area contributed by atoms with E-state index in [-0.39, 0.29) is 12.2 Å². The van der Waals surface area contributed by atoms with Gasteiger partial charge in [-0.25, -0.2) is 0 Å². The predicted octanol–water partition coefficient (Wildman–Crippen LogP) is 5.56. The molecule has 0 saturated carbocycles. The molecule has 0 spiro atoms. The molecule has 3 rings (SSSR count). The topological polar surface area (TPSA) is 55.7 Å². The third-order valence-corrected chi connectivity index (χ3v) is 5.60. The summed E-state index contributed by atoms with van der Waals surface area (Å²) in [6.45, 7) is 10.7. The number of hydrogen-bond donors (Lipinski definition) is 2. The molecule has 0 aliphatic heterocycles. The molecule has 174 valence electrons. The normalized spacial score (nSPS) is 12.8. The van der Waals surface area contributed by atoms with Crippen molar-refractivity contribution in [1.82, 2.24) is 9.88 Å².